The standard InChI is InChI=1S/C19H26FN3O3/c20-16-5-3-15(4-6-16)19(25)23(14-17-2-1-13-26-17)10-7-18(24)22-11-8-21-9-12-22/h3-6,17,21H,1-2,7-14H2/t17-/m1/s1. The van der Waals surface area contributed by atoms with Crippen LogP contribution in [-0.4, -0.2) is 73.6 Å². The lowest BCUT2D eigenvalue weighted by molar-refractivity contribution is -0.132. The number of rotatable bonds is 6. The third kappa shape index (κ3) is 5.02. The van der Waals surface area contributed by atoms with Crippen molar-refractivity contribution in [2.24, 2.45) is 0 Å². The molecule has 2 saturated heterocycles. The zero-order valence-corrected chi connectivity index (χ0v) is 15.0. The first-order chi connectivity index (χ1) is 12.6. The SMILES string of the molecule is O=C(CCN(C[C@H]1CCCO1)C(=O)c1ccc(F)cc1)N1CCNCC1. The van der Waals surface area contributed by atoms with Crippen molar-refractivity contribution in [3.8, 4) is 0 Å². The van der Waals surface area contributed by atoms with Gasteiger partial charge in [-0.25, -0.2) is 4.39 Å². The summed E-state index contributed by atoms with van der Waals surface area (Å²) in [6, 6.07) is 5.53. The Balaban J connectivity index is 1.63. The van der Waals surface area contributed by atoms with Gasteiger partial charge in [0, 0.05) is 57.9 Å². The van der Waals surface area contributed by atoms with E-state index < -0.39 is 0 Å². The summed E-state index contributed by atoms with van der Waals surface area (Å²) < 4.78 is 18.8. The summed E-state index contributed by atoms with van der Waals surface area (Å²) in [6.07, 6.45) is 2.20. The largest absolute Gasteiger partial charge is 0.376 e. The van der Waals surface area contributed by atoms with Gasteiger partial charge in [0.2, 0.25) is 5.91 Å². The maximum absolute atomic E-state index is 13.1. The van der Waals surface area contributed by atoms with Crippen LogP contribution in [0.2, 0.25) is 0 Å². The Morgan fingerprint density at radius 1 is 1.23 bits per heavy atom. The number of amides is 2. The zero-order valence-electron chi connectivity index (χ0n) is 15.0. The molecule has 1 aromatic rings. The van der Waals surface area contributed by atoms with E-state index in [-0.39, 0.29) is 23.7 Å². The molecule has 0 aromatic heterocycles. The van der Waals surface area contributed by atoms with Crippen LogP contribution in [0.4, 0.5) is 4.39 Å². The van der Waals surface area contributed by atoms with E-state index >= 15 is 0 Å². The number of halogens is 1. The van der Waals surface area contributed by atoms with Gasteiger partial charge in [0.25, 0.3) is 5.91 Å². The minimum atomic E-state index is -0.374. The number of carbonyl (C=O) groups is 2. The summed E-state index contributed by atoms with van der Waals surface area (Å²) in [5.74, 6) is -0.495. The van der Waals surface area contributed by atoms with Crippen LogP contribution in [-0.2, 0) is 9.53 Å². The second kappa shape index (κ2) is 9.09. The van der Waals surface area contributed by atoms with E-state index in [2.05, 4.69) is 5.32 Å². The van der Waals surface area contributed by atoms with Gasteiger partial charge in [-0.2, -0.15) is 0 Å². The van der Waals surface area contributed by atoms with Crippen LogP contribution < -0.4 is 5.32 Å². The number of ether oxygens (including phenoxy) is 1. The molecule has 0 radical (unpaired) electrons. The number of piperazine rings is 1. The second-order valence-corrected chi connectivity index (χ2v) is 6.77. The molecule has 1 atom stereocenters. The summed E-state index contributed by atoms with van der Waals surface area (Å²) in [7, 11) is 0. The molecule has 1 N–H and O–H groups in total. The van der Waals surface area contributed by atoms with Gasteiger partial charge in [-0.05, 0) is 37.1 Å². The molecule has 2 amide bonds. The predicted octanol–water partition coefficient (Wildman–Crippen LogP) is 1.27. The highest BCUT2D eigenvalue weighted by Gasteiger charge is 2.25. The van der Waals surface area contributed by atoms with Gasteiger partial charge < -0.3 is 19.9 Å². The van der Waals surface area contributed by atoms with E-state index in [1.807, 2.05) is 4.90 Å². The fourth-order valence-electron chi connectivity index (χ4n) is 3.39. The lowest BCUT2D eigenvalue weighted by atomic mass is 10.1. The van der Waals surface area contributed by atoms with Crippen LogP contribution >= 0.6 is 0 Å². The molecule has 0 aliphatic carbocycles. The van der Waals surface area contributed by atoms with E-state index in [4.69, 9.17) is 4.74 Å². The topological polar surface area (TPSA) is 61.9 Å². The van der Waals surface area contributed by atoms with Gasteiger partial charge >= 0.3 is 0 Å². The molecular weight excluding hydrogens is 337 g/mol. The highest BCUT2D eigenvalue weighted by atomic mass is 19.1. The number of hydrogen-bond donors (Lipinski definition) is 1. The van der Waals surface area contributed by atoms with E-state index in [9.17, 15) is 14.0 Å². The maximum Gasteiger partial charge on any atom is 0.253 e. The number of hydrogen-bond acceptors (Lipinski definition) is 4. The molecular formula is C19H26FN3O3. The molecule has 2 aliphatic heterocycles. The fraction of sp³-hybridized carbons (Fsp3) is 0.579. The van der Waals surface area contributed by atoms with E-state index in [1.165, 1.54) is 24.3 Å². The Bertz CT molecular complexity index is 611. The minimum Gasteiger partial charge on any atom is -0.376 e. The number of nitrogens with one attached hydrogen (secondary N) is 1. The summed E-state index contributed by atoms with van der Waals surface area (Å²) in [6.45, 7) is 4.54. The maximum atomic E-state index is 13.1. The van der Waals surface area contributed by atoms with Gasteiger partial charge in [-0.1, -0.05) is 0 Å². The Hall–Kier alpha value is -1.99. The Kier molecular flexibility index (Phi) is 6.57. The van der Waals surface area contributed by atoms with Gasteiger partial charge in [0.1, 0.15) is 5.82 Å². The third-order valence-electron chi connectivity index (χ3n) is 4.89. The number of benzene rings is 1. The van der Waals surface area contributed by atoms with Crippen molar-refractivity contribution in [1.82, 2.24) is 15.1 Å². The molecule has 0 bridgehead atoms. The smallest absolute Gasteiger partial charge is 0.253 e. The van der Waals surface area contributed by atoms with Gasteiger partial charge in [-0.3, -0.25) is 9.59 Å². The summed E-state index contributed by atoms with van der Waals surface area (Å²) in [5, 5.41) is 3.22. The second-order valence-electron chi connectivity index (χ2n) is 6.77. The van der Waals surface area contributed by atoms with Crippen molar-refractivity contribution in [3.63, 3.8) is 0 Å². The predicted molar refractivity (Wildman–Crippen MR) is 95.3 cm³/mol. The molecule has 0 saturated carbocycles. The van der Waals surface area contributed by atoms with Gasteiger partial charge in [-0.15, -0.1) is 0 Å². The van der Waals surface area contributed by atoms with Gasteiger partial charge in [0.15, 0.2) is 0 Å². The Labute approximate surface area is 153 Å². The van der Waals surface area contributed by atoms with Crippen molar-refractivity contribution in [2.75, 3.05) is 45.9 Å². The molecule has 0 unspecified atom stereocenters. The molecule has 2 fully saturated rings. The van der Waals surface area contributed by atoms with Gasteiger partial charge in [0.05, 0.1) is 6.10 Å². The number of nitrogens with zero attached hydrogens (tertiary/aromatic N) is 2. The minimum absolute atomic E-state index is 0.00804. The first kappa shape index (κ1) is 18.8. The molecule has 2 aliphatic rings. The van der Waals surface area contributed by atoms with Crippen molar-refractivity contribution >= 4 is 11.8 Å². The average Bonchev–Trinajstić information content (AvgIpc) is 3.19. The van der Waals surface area contributed by atoms with Crippen molar-refractivity contribution < 1.29 is 18.7 Å². The lowest BCUT2D eigenvalue weighted by Crippen LogP contribution is -2.47. The summed E-state index contributed by atoms with van der Waals surface area (Å²) in [5.41, 5.74) is 0.430. The van der Waals surface area contributed by atoms with Crippen molar-refractivity contribution in [1.29, 1.82) is 0 Å². The van der Waals surface area contributed by atoms with E-state index in [0.29, 0.717) is 44.8 Å². The van der Waals surface area contributed by atoms with Crippen LogP contribution in [0.1, 0.15) is 29.6 Å². The average molecular weight is 363 g/mol. The molecule has 26 heavy (non-hydrogen) atoms. The van der Waals surface area contributed by atoms with Crippen LogP contribution in [0, 0.1) is 5.82 Å². The molecule has 0 spiro atoms. The normalized spacial score (nSPS) is 20.2. The summed E-state index contributed by atoms with van der Waals surface area (Å²) in [4.78, 5) is 28.8. The van der Waals surface area contributed by atoms with Crippen molar-refractivity contribution in [3.05, 3.63) is 35.6 Å². The van der Waals surface area contributed by atoms with Crippen LogP contribution in [0.25, 0.3) is 0 Å². The first-order valence-electron chi connectivity index (χ1n) is 9.28. The Morgan fingerprint density at radius 3 is 2.62 bits per heavy atom. The first-order valence-corrected chi connectivity index (χ1v) is 9.28. The molecule has 3 rings (SSSR count). The molecule has 1 aromatic carbocycles. The third-order valence-corrected chi connectivity index (χ3v) is 4.89. The molecule has 142 valence electrons. The van der Waals surface area contributed by atoms with E-state index in [1.54, 1.807) is 4.90 Å². The fourth-order valence-corrected chi connectivity index (χ4v) is 3.39. The van der Waals surface area contributed by atoms with E-state index in [0.717, 1.165) is 25.9 Å². The summed E-state index contributed by atoms with van der Waals surface area (Å²) >= 11 is 0. The highest BCUT2D eigenvalue weighted by Crippen LogP contribution is 2.16. The van der Waals surface area contributed by atoms with Crippen LogP contribution in [0.5, 0.6) is 0 Å². The molecule has 7 heteroatoms. The monoisotopic (exact) mass is 363 g/mol. The van der Waals surface area contributed by atoms with Crippen LogP contribution in [0.15, 0.2) is 24.3 Å². The zero-order chi connectivity index (χ0) is 18.4. The molecule has 6 nitrogen and oxygen atoms in total. The highest BCUT2D eigenvalue weighted by molar-refractivity contribution is 5.94. The molecule has 2 heterocycles. The lowest BCUT2D eigenvalue weighted by Gasteiger charge is -2.30. The number of carbonyl (C=O) groups excluding carboxylic acids is 2. The van der Waals surface area contributed by atoms with Crippen molar-refractivity contribution in [2.45, 2.75) is 25.4 Å². The quantitative estimate of drug-likeness (QED) is 0.827. The van der Waals surface area contributed by atoms with Crippen LogP contribution in [0.3, 0.4) is 0 Å². The Morgan fingerprint density at radius 2 is 1.96 bits per heavy atom.